The minimum Gasteiger partial charge on any atom is -0.489 e. The standard InChI is InChI=1S/C15H17NOS/c16-15-3-1-2-12-4-5-13(8-14(12)15)17-9-11-6-7-18-10-11/h4-8,10,15H,1-3,9,16H2/t15-/m1/s1. The molecule has 1 atom stereocenters. The van der Waals surface area contributed by atoms with E-state index in [1.54, 1.807) is 11.3 Å². The highest BCUT2D eigenvalue weighted by Gasteiger charge is 2.17. The third-order valence-corrected chi connectivity index (χ3v) is 4.20. The number of fused-ring (bicyclic) bond motifs is 1. The van der Waals surface area contributed by atoms with Crippen LogP contribution >= 0.6 is 11.3 Å². The fourth-order valence-corrected chi connectivity index (χ4v) is 3.10. The molecule has 0 spiro atoms. The van der Waals surface area contributed by atoms with Gasteiger partial charge in [0, 0.05) is 6.04 Å². The summed E-state index contributed by atoms with van der Waals surface area (Å²) in [7, 11) is 0. The Morgan fingerprint density at radius 3 is 3.11 bits per heavy atom. The van der Waals surface area contributed by atoms with Crippen LogP contribution in [0.15, 0.2) is 35.0 Å². The average Bonchev–Trinajstić information content (AvgIpc) is 2.90. The molecule has 1 heterocycles. The van der Waals surface area contributed by atoms with E-state index in [4.69, 9.17) is 10.5 Å². The summed E-state index contributed by atoms with van der Waals surface area (Å²) in [6.07, 6.45) is 3.43. The maximum Gasteiger partial charge on any atom is 0.120 e. The SMILES string of the molecule is N[C@@H]1CCCc2ccc(OCc3ccsc3)cc21. The van der Waals surface area contributed by atoms with Gasteiger partial charge >= 0.3 is 0 Å². The van der Waals surface area contributed by atoms with Crippen molar-refractivity contribution < 1.29 is 4.74 Å². The molecule has 0 bridgehead atoms. The van der Waals surface area contributed by atoms with Crippen molar-refractivity contribution >= 4 is 11.3 Å². The maximum atomic E-state index is 6.15. The molecule has 2 nitrogen and oxygen atoms in total. The fourth-order valence-electron chi connectivity index (χ4n) is 2.45. The smallest absolute Gasteiger partial charge is 0.120 e. The molecule has 3 rings (SSSR count). The van der Waals surface area contributed by atoms with Crippen LogP contribution in [0, 0.1) is 0 Å². The van der Waals surface area contributed by atoms with Crippen molar-refractivity contribution in [3.63, 3.8) is 0 Å². The monoisotopic (exact) mass is 259 g/mol. The van der Waals surface area contributed by atoms with E-state index in [0.717, 1.165) is 18.6 Å². The van der Waals surface area contributed by atoms with Crippen LogP contribution in [0.4, 0.5) is 0 Å². The highest BCUT2D eigenvalue weighted by molar-refractivity contribution is 7.07. The second-order valence-electron chi connectivity index (χ2n) is 4.78. The quantitative estimate of drug-likeness (QED) is 0.913. The van der Waals surface area contributed by atoms with E-state index in [-0.39, 0.29) is 6.04 Å². The molecule has 3 heteroatoms. The predicted molar refractivity (Wildman–Crippen MR) is 75.0 cm³/mol. The lowest BCUT2D eigenvalue weighted by molar-refractivity contribution is 0.306. The van der Waals surface area contributed by atoms with Crippen molar-refractivity contribution in [3.05, 3.63) is 51.7 Å². The second kappa shape index (κ2) is 5.12. The summed E-state index contributed by atoms with van der Waals surface area (Å²) in [6, 6.07) is 8.61. The molecule has 0 fully saturated rings. The van der Waals surface area contributed by atoms with E-state index in [1.165, 1.54) is 23.1 Å². The Balaban J connectivity index is 1.75. The summed E-state index contributed by atoms with van der Waals surface area (Å²) in [6.45, 7) is 0.636. The van der Waals surface area contributed by atoms with Crippen LogP contribution in [0.2, 0.25) is 0 Å². The van der Waals surface area contributed by atoms with Gasteiger partial charge in [-0.3, -0.25) is 0 Å². The van der Waals surface area contributed by atoms with Gasteiger partial charge in [0.15, 0.2) is 0 Å². The van der Waals surface area contributed by atoms with Crippen LogP contribution in [-0.4, -0.2) is 0 Å². The first kappa shape index (κ1) is 11.8. The van der Waals surface area contributed by atoms with Gasteiger partial charge in [-0.1, -0.05) is 6.07 Å². The Bertz CT molecular complexity index is 521. The van der Waals surface area contributed by atoms with Gasteiger partial charge in [-0.2, -0.15) is 11.3 Å². The molecule has 1 aromatic heterocycles. The number of hydrogen-bond donors (Lipinski definition) is 1. The van der Waals surface area contributed by atoms with E-state index in [1.807, 2.05) is 0 Å². The van der Waals surface area contributed by atoms with Crippen molar-refractivity contribution in [3.8, 4) is 5.75 Å². The molecular formula is C15H17NOS. The third-order valence-electron chi connectivity index (χ3n) is 3.46. The Hall–Kier alpha value is -1.32. The van der Waals surface area contributed by atoms with Gasteiger partial charge in [-0.05, 0) is 64.9 Å². The van der Waals surface area contributed by atoms with Crippen LogP contribution in [0.25, 0.3) is 0 Å². The van der Waals surface area contributed by atoms with E-state index < -0.39 is 0 Å². The molecular weight excluding hydrogens is 242 g/mol. The van der Waals surface area contributed by atoms with Crippen molar-refractivity contribution in [2.45, 2.75) is 31.9 Å². The van der Waals surface area contributed by atoms with E-state index in [9.17, 15) is 0 Å². The highest BCUT2D eigenvalue weighted by Crippen LogP contribution is 2.31. The molecule has 0 radical (unpaired) electrons. The summed E-state index contributed by atoms with van der Waals surface area (Å²) in [5, 5.41) is 4.19. The highest BCUT2D eigenvalue weighted by atomic mass is 32.1. The minimum atomic E-state index is 0.179. The normalized spacial score (nSPS) is 18.4. The molecule has 2 N–H and O–H groups in total. The molecule has 0 unspecified atom stereocenters. The van der Waals surface area contributed by atoms with Crippen LogP contribution in [0.3, 0.4) is 0 Å². The lowest BCUT2D eigenvalue weighted by Gasteiger charge is -2.22. The Morgan fingerprint density at radius 2 is 2.28 bits per heavy atom. The zero-order valence-electron chi connectivity index (χ0n) is 10.3. The molecule has 1 aliphatic carbocycles. The van der Waals surface area contributed by atoms with Crippen LogP contribution in [0.5, 0.6) is 5.75 Å². The summed E-state index contributed by atoms with van der Waals surface area (Å²) in [5.41, 5.74) is 10.0. The molecule has 2 aromatic rings. The molecule has 0 saturated heterocycles. The van der Waals surface area contributed by atoms with Gasteiger partial charge in [0.2, 0.25) is 0 Å². The van der Waals surface area contributed by atoms with Gasteiger partial charge in [0.05, 0.1) is 0 Å². The zero-order chi connectivity index (χ0) is 12.4. The lowest BCUT2D eigenvalue weighted by atomic mass is 9.88. The Kier molecular flexibility index (Phi) is 3.35. The number of ether oxygens (including phenoxy) is 1. The summed E-state index contributed by atoms with van der Waals surface area (Å²) < 4.78 is 5.82. The van der Waals surface area contributed by atoms with Gasteiger partial charge in [-0.15, -0.1) is 0 Å². The van der Waals surface area contributed by atoms with Crippen LogP contribution in [0.1, 0.15) is 35.6 Å². The fraction of sp³-hybridized carbons (Fsp3) is 0.333. The van der Waals surface area contributed by atoms with Crippen molar-refractivity contribution in [1.29, 1.82) is 0 Å². The van der Waals surface area contributed by atoms with Crippen LogP contribution in [-0.2, 0) is 13.0 Å². The van der Waals surface area contributed by atoms with Gasteiger partial charge in [-0.25, -0.2) is 0 Å². The van der Waals surface area contributed by atoms with Crippen molar-refractivity contribution in [2.75, 3.05) is 0 Å². The Labute approximate surface area is 111 Å². The summed E-state index contributed by atoms with van der Waals surface area (Å²) >= 11 is 1.70. The predicted octanol–water partition coefficient (Wildman–Crippen LogP) is 3.66. The molecule has 18 heavy (non-hydrogen) atoms. The molecule has 1 aromatic carbocycles. The van der Waals surface area contributed by atoms with Gasteiger partial charge < -0.3 is 10.5 Å². The number of aryl methyl sites for hydroxylation is 1. The Morgan fingerprint density at radius 1 is 1.33 bits per heavy atom. The second-order valence-corrected chi connectivity index (χ2v) is 5.56. The number of nitrogens with two attached hydrogens (primary N) is 1. The number of rotatable bonds is 3. The average molecular weight is 259 g/mol. The number of benzene rings is 1. The maximum absolute atomic E-state index is 6.15. The van der Waals surface area contributed by atoms with Gasteiger partial charge in [0.1, 0.15) is 12.4 Å². The first-order valence-corrected chi connectivity index (χ1v) is 7.29. The topological polar surface area (TPSA) is 35.2 Å². The van der Waals surface area contributed by atoms with E-state index in [0.29, 0.717) is 6.61 Å². The van der Waals surface area contributed by atoms with Crippen LogP contribution < -0.4 is 10.5 Å². The zero-order valence-corrected chi connectivity index (χ0v) is 11.1. The van der Waals surface area contributed by atoms with E-state index in [2.05, 4.69) is 35.0 Å². The third kappa shape index (κ3) is 2.42. The van der Waals surface area contributed by atoms with Crippen molar-refractivity contribution in [2.24, 2.45) is 5.73 Å². The first-order chi connectivity index (χ1) is 8.83. The molecule has 0 amide bonds. The number of hydrogen-bond acceptors (Lipinski definition) is 3. The van der Waals surface area contributed by atoms with Gasteiger partial charge in [0.25, 0.3) is 0 Å². The lowest BCUT2D eigenvalue weighted by Crippen LogP contribution is -2.17. The molecule has 1 aliphatic rings. The first-order valence-electron chi connectivity index (χ1n) is 6.35. The molecule has 0 saturated carbocycles. The summed E-state index contributed by atoms with van der Waals surface area (Å²) in [5.74, 6) is 0.928. The molecule has 0 aliphatic heterocycles. The summed E-state index contributed by atoms with van der Waals surface area (Å²) in [4.78, 5) is 0. The van der Waals surface area contributed by atoms with E-state index >= 15 is 0 Å². The largest absolute Gasteiger partial charge is 0.489 e. The van der Waals surface area contributed by atoms with Crippen molar-refractivity contribution in [1.82, 2.24) is 0 Å². The number of thiophene rings is 1. The molecule has 94 valence electrons. The minimum absolute atomic E-state index is 0.179.